The van der Waals surface area contributed by atoms with Crippen molar-refractivity contribution < 1.29 is 22.4 Å². The molecule has 4 aromatic carbocycles. The number of carbonyl (C=O) groups excluding carboxylic acids is 2. The van der Waals surface area contributed by atoms with Crippen LogP contribution in [0.25, 0.3) is 10.8 Å². The molecule has 0 saturated carbocycles. The van der Waals surface area contributed by atoms with Crippen molar-refractivity contribution >= 4 is 32.6 Å². The first-order valence-electron chi connectivity index (χ1n) is 13.9. The summed E-state index contributed by atoms with van der Waals surface area (Å²) in [4.78, 5) is 29.0. The molecule has 0 spiro atoms. The van der Waals surface area contributed by atoms with E-state index < -0.39 is 34.3 Å². The van der Waals surface area contributed by atoms with Gasteiger partial charge in [0.15, 0.2) is 0 Å². The second-order valence-electron chi connectivity index (χ2n) is 10.8. The molecule has 0 radical (unpaired) electrons. The van der Waals surface area contributed by atoms with Gasteiger partial charge in [-0.2, -0.15) is 4.31 Å². The summed E-state index contributed by atoms with van der Waals surface area (Å²) < 4.78 is 41.8. The van der Waals surface area contributed by atoms with Crippen LogP contribution in [0.1, 0.15) is 25.0 Å². The second-order valence-corrected chi connectivity index (χ2v) is 12.8. The summed E-state index contributed by atoms with van der Waals surface area (Å²) in [6.07, 6.45) is 0.221. The van der Waals surface area contributed by atoms with Crippen LogP contribution >= 0.6 is 0 Å². The maximum absolute atomic E-state index is 14.0. The van der Waals surface area contributed by atoms with Crippen molar-refractivity contribution in [3.8, 4) is 0 Å². The van der Waals surface area contributed by atoms with Crippen LogP contribution in [-0.2, 0) is 32.6 Å². The maximum atomic E-state index is 14.0. The molecular weight excluding hydrogens is 553 g/mol. The molecule has 0 bridgehead atoms. The number of fused-ring (bicyclic) bond motifs is 1. The van der Waals surface area contributed by atoms with Crippen LogP contribution < -0.4 is 5.32 Å². The van der Waals surface area contributed by atoms with E-state index in [9.17, 15) is 22.4 Å². The molecule has 0 unspecified atom stereocenters. The fraction of sp³-hybridized carbons (Fsp3) is 0.273. The summed E-state index contributed by atoms with van der Waals surface area (Å²) in [5, 5.41) is 4.60. The van der Waals surface area contributed by atoms with E-state index in [2.05, 4.69) is 5.32 Å². The standard InChI is InChI=1S/C33H36FN3O4S/c1-24(2)21-35-33(39)31(19-25-9-5-4-6-10-25)37(22-26-13-16-29(34)17-14-26)32(38)23-36(3)42(40,41)30-18-15-27-11-7-8-12-28(27)20-30/h4-18,20,24,31H,19,21-23H2,1-3H3,(H,35,39)/t31-/m0/s1. The minimum Gasteiger partial charge on any atom is -0.354 e. The molecule has 42 heavy (non-hydrogen) atoms. The van der Waals surface area contributed by atoms with E-state index in [1.54, 1.807) is 24.3 Å². The number of sulfonamides is 1. The SMILES string of the molecule is CC(C)CNC(=O)[C@H](Cc1ccccc1)N(Cc1ccc(F)cc1)C(=O)CN(C)S(=O)(=O)c1ccc2ccccc2c1. The van der Waals surface area contributed by atoms with Crippen LogP contribution in [0.5, 0.6) is 0 Å². The quantitative estimate of drug-likeness (QED) is 0.252. The van der Waals surface area contributed by atoms with Gasteiger partial charge in [-0.3, -0.25) is 9.59 Å². The summed E-state index contributed by atoms with van der Waals surface area (Å²) in [6.45, 7) is 3.87. The third kappa shape index (κ3) is 7.80. The summed E-state index contributed by atoms with van der Waals surface area (Å²) in [5.41, 5.74) is 1.45. The molecule has 9 heteroatoms. The Bertz CT molecular complexity index is 1630. The molecule has 0 saturated heterocycles. The average molecular weight is 590 g/mol. The highest BCUT2D eigenvalue weighted by molar-refractivity contribution is 7.89. The number of amides is 2. The predicted octanol–water partition coefficient (Wildman–Crippen LogP) is 5.01. The first kappa shape index (κ1) is 30.9. The van der Waals surface area contributed by atoms with Crippen LogP contribution in [-0.4, -0.2) is 55.6 Å². The van der Waals surface area contributed by atoms with Gasteiger partial charge in [0.25, 0.3) is 0 Å². The minimum atomic E-state index is -4.03. The fourth-order valence-corrected chi connectivity index (χ4v) is 5.79. The number of rotatable bonds is 12. The van der Waals surface area contributed by atoms with Gasteiger partial charge in [0.05, 0.1) is 11.4 Å². The molecule has 2 amide bonds. The fourth-order valence-electron chi connectivity index (χ4n) is 4.64. The zero-order valence-electron chi connectivity index (χ0n) is 24.0. The van der Waals surface area contributed by atoms with Crippen LogP contribution in [0.4, 0.5) is 4.39 Å². The van der Waals surface area contributed by atoms with E-state index in [0.717, 1.165) is 20.6 Å². The van der Waals surface area contributed by atoms with Crippen LogP contribution in [0.3, 0.4) is 0 Å². The van der Waals surface area contributed by atoms with E-state index in [1.807, 2.05) is 68.4 Å². The molecule has 4 rings (SSSR count). The van der Waals surface area contributed by atoms with Gasteiger partial charge >= 0.3 is 0 Å². The summed E-state index contributed by atoms with van der Waals surface area (Å²) in [7, 11) is -2.68. The van der Waals surface area contributed by atoms with Crippen molar-refractivity contribution in [2.75, 3.05) is 20.1 Å². The van der Waals surface area contributed by atoms with Gasteiger partial charge in [-0.1, -0.05) is 86.6 Å². The summed E-state index contributed by atoms with van der Waals surface area (Å²) in [5.74, 6) is -1.13. The van der Waals surface area contributed by atoms with Crippen LogP contribution in [0.15, 0.2) is 102 Å². The van der Waals surface area contributed by atoms with Gasteiger partial charge in [-0.25, -0.2) is 12.8 Å². The molecule has 1 atom stereocenters. The van der Waals surface area contributed by atoms with E-state index >= 15 is 0 Å². The smallest absolute Gasteiger partial charge is 0.243 e. The molecule has 1 N–H and O–H groups in total. The largest absolute Gasteiger partial charge is 0.354 e. The molecule has 7 nitrogen and oxygen atoms in total. The van der Waals surface area contributed by atoms with Crippen LogP contribution in [0.2, 0.25) is 0 Å². The van der Waals surface area contributed by atoms with Crippen molar-refractivity contribution in [3.05, 3.63) is 114 Å². The highest BCUT2D eigenvalue weighted by atomic mass is 32.2. The minimum absolute atomic E-state index is 0.00439. The molecule has 0 fully saturated rings. The lowest BCUT2D eigenvalue weighted by molar-refractivity contribution is -0.141. The van der Waals surface area contributed by atoms with E-state index in [1.165, 1.54) is 30.1 Å². The highest BCUT2D eigenvalue weighted by Gasteiger charge is 2.33. The predicted molar refractivity (Wildman–Crippen MR) is 162 cm³/mol. The average Bonchev–Trinajstić information content (AvgIpc) is 2.98. The van der Waals surface area contributed by atoms with Crippen molar-refractivity contribution in [1.29, 1.82) is 0 Å². The second kappa shape index (κ2) is 13.7. The number of carbonyl (C=O) groups is 2. The Morgan fingerprint density at radius 3 is 2.14 bits per heavy atom. The Morgan fingerprint density at radius 2 is 1.48 bits per heavy atom. The van der Waals surface area contributed by atoms with Crippen molar-refractivity contribution in [3.63, 3.8) is 0 Å². The zero-order valence-corrected chi connectivity index (χ0v) is 24.9. The van der Waals surface area contributed by atoms with E-state index in [0.29, 0.717) is 12.1 Å². The first-order chi connectivity index (χ1) is 20.0. The Hall–Kier alpha value is -4.08. The van der Waals surface area contributed by atoms with E-state index in [-0.39, 0.29) is 29.7 Å². The van der Waals surface area contributed by atoms with Crippen molar-refractivity contribution in [2.45, 2.75) is 37.8 Å². The van der Waals surface area contributed by atoms with Gasteiger partial charge in [0, 0.05) is 26.6 Å². The third-order valence-electron chi connectivity index (χ3n) is 7.01. The monoisotopic (exact) mass is 589 g/mol. The van der Waals surface area contributed by atoms with E-state index in [4.69, 9.17) is 0 Å². The van der Waals surface area contributed by atoms with Crippen molar-refractivity contribution in [1.82, 2.24) is 14.5 Å². The molecule has 0 aromatic heterocycles. The van der Waals surface area contributed by atoms with Gasteiger partial charge in [-0.05, 0) is 52.1 Å². The first-order valence-corrected chi connectivity index (χ1v) is 15.3. The normalized spacial score (nSPS) is 12.4. The van der Waals surface area contributed by atoms with Gasteiger partial charge in [-0.15, -0.1) is 0 Å². The number of hydrogen-bond acceptors (Lipinski definition) is 4. The lowest BCUT2D eigenvalue weighted by Crippen LogP contribution is -2.53. The summed E-state index contributed by atoms with van der Waals surface area (Å²) in [6, 6.07) is 26.3. The maximum Gasteiger partial charge on any atom is 0.243 e. The molecule has 0 heterocycles. The highest BCUT2D eigenvalue weighted by Crippen LogP contribution is 2.22. The number of nitrogens with one attached hydrogen (secondary N) is 1. The number of hydrogen-bond donors (Lipinski definition) is 1. The third-order valence-corrected chi connectivity index (χ3v) is 8.81. The number of nitrogens with zero attached hydrogens (tertiary/aromatic N) is 2. The zero-order chi connectivity index (χ0) is 30.3. The topological polar surface area (TPSA) is 86.8 Å². The molecular formula is C33H36FN3O4S. The van der Waals surface area contributed by atoms with Gasteiger partial charge in [0.2, 0.25) is 21.8 Å². The molecule has 0 aliphatic heterocycles. The lowest BCUT2D eigenvalue weighted by Gasteiger charge is -2.33. The number of halogens is 1. The Labute approximate surface area is 247 Å². The Kier molecular flexibility index (Phi) is 10.1. The molecule has 4 aromatic rings. The Morgan fingerprint density at radius 1 is 0.833 bits per heavy atom. The number of likely N-dealkylation sites (N-methyl/N-ethyl adjacent to an activating group) is 1. The van der Waals surface area contributed by atoms with Crippen molar-refractivity contribution in [2.24, 2.45) is 5.92 Å². The Balaban J connectivity index is 1.66. The molecule has 220 valence electrons. The summed E-state index contributed by atoms with van der Waals surface area (Å²) >= 11 is 0. The van der Waals surface area contributed by atoms with Gasteiger partial charge < -0.3 is 10.2 Å². The van der Waals surface area contributed by atoms with Gasteiger partial charge in [0.1, 0.15) is 11.9 Å². The van der Waals surface area contributed by atoms with Crippen LogP contribution in [0, 0.1) is 11.7 Å². The molecule has 0 aliphatic rings. The lowest BCUT2D eigenvalue weighted by atomic mass is 10.0. The molecule has 0 aliphatic carbocycles. The number of benzene rings is 4.